The number of rotatable bonds is 0. The van der Waals surface area contributed by atoms with Crippen molar-refractivity contribution in [2.45, 2.75) is 18.7 Å². The van der Waals surface area contributed by atoms with Gasteiger partial charge in [-0.2, -0.15) is 0 Å². The van der Waals surface area contributed by atoms with Crippen LogP contribution in [0.1, 0.15) is 11.3 Å². The van der Waals surface area contributed by atoms with Gasteiger partial charge in [0.25, 0.3) is 0 Å². The number of aryl methyl sites for hydroxylation is 2. The Labute approximate surface area is 83.2 Å². The van der Waals surface area contributed by atoms with Crippen molar-refractivity contribution in [1.82, 2.24) is 4.98 Å². The largest absolute Gasteiger partial charge is 0.252 e. The molecule has 0 radical (unpaired) electrons. The van der Waals surface area contributed by atoms with E-state index in [0.717, 1.165) is 21.5 Å². The number of aromatic nitrogens is 1. The molecule has 66 valence electrons. The molecule has 2 rings (SSSR count). The van der Waals surface area contributed by atoms with E-state index in [4.69, 9.17) is 0 Å². The van der Waals surface area contributed by atoms with Crippen LogP contribution in [-0.4, -0.2) is 4.98 Å². The molecule has 0 saturated carbocycles. The lowest BCUT2D eigenvalue weighted by atomic mass is 10.1. The summed E-state index contributed by atoms with van der Waals surface area (Å²) in [6, 6.07) is 8.28. The Morgan fingerprint density at radius 2 is 1.92 bits per heavy atom. The third-order valence-corrected chi connectivity index (χ3v) is 2.40. The summed E-state index contributed by atoms with van der Waals surface area (Å²) in [4.78, 5) is 5.40. The van der Waals surface area contributed by atoms with E-state index in [1.165, 1.54) is 5.56 Å². The van der Waals surface area contributed by atoms with Crippen molar-refractivity contribution in [3.05, 3.63) is 35.5 Å². The molecule has 0 amide bonds. The summed E-state index contributed by atoms with van der Waals surface area (Å²) in [5.41, 5.74) is 3.25. The van der Waals surface area contributed by atoms with Crippen LogP contribution >= 0.6 is 12.6 Å². The number of benzene rings is 1. The highest BCUT2D eigenvalue weighted by molar-refractivity contribution is 7.80. The van der Waals surface area contributed by atoms with E-state index in [2.05, 4.69) is 36.7 Å². The highest BCUT2D eigenvalue weighted by Crippen LogP contribution is 2.22. The Balaban J connectivity index is 2.87. The van der Waals surface area contributed by atoms with Crippen LogP contribution in [0.15, 0.2) is 29.2 Å². The van der Waals surface area contributed by atoms with E-state index in [0.29, 0.717) is 0 Å². The van der Waals surface area contributed by atoms with E-state index in [1.807, 2.05) is 19.1 Å². The van der Waals surface area contributed by atoms with Crippen LogP contribution in [0.25, 0.3) is 10.9 Å². The van der Waals surface area contributed by atoms with Gasteiger partial charge in [-0.1, -0.05) is 6.07 Å². The van der Waals surface area contributed by atoms with Gasteiger partial charge in [0.15, 0.2) is 0 Å². The number of hydrogen-bond donors (Lipinski definition) is 1. The molecule has 2 aromatic rings. The Bertz CT molecular complexity index is 463. The monoisotopic (exact) mass is 189 g/mol. The quantitative estimate of drug-likeness (QED) is 0.628. The fourth-order valence-electron chi connectivity index (χ4n) is 1.46. The fraction of sp³-hybridized carbons (Fsp3) is 0.182. The van der Waals surface area contributed by atoms with Crippen LogP contribution in [0.3, 0.4) is 0 Å². The molecule has 1 heterocycles. The van der Waals surface area contributed by atoms with Crippen molar-refractivity contribution in [3.63, 3.8) is 0 Å². The van der Waals surface area contributed by atoms with Gasteiger partial charge in [-0.15, -0.1) is 12.6 Å². The summed E-state index contributed by atoms with van der Waals surface area (Å²) >= 11 is 4.40. The van der Waals surface area contributed by atoms with E-state index >= 15 is 0 Å². The molecule has 0 fully saturated rings. The SMILES string of the molecule is Cc1cc(S)c2nc(C)ccc2c1. The van der Waals surface area contributed by atoms with Gasteiger partial charge in [0.05, 0.1) is 5.52 Å². The fourth-order valence-corrected chi connectivity index (χ4v) is 1.84. The maximum Gasteiger partial charge on any atom is 0.0838 e. The lowest BCUT2D eigenvalue weighted by Crippen LogP contribution is -1.85. The lowest BCUT2D eigenvalue weighted by molar-refractivity contribution is 1.23. The van der Waals surface area contributed by atoms with Crippen molar-refractivity contribution in [1.29, 1.82) is 0 Å². The first-order valence-electron chi connectivity index (χ1n) is 4.24. The molecular formula is C11H11NS. The first kappa shape index (κ1) is 8.57. The molecule has 0 atom stereocenters. The van der Waals surface area contributed by atoms with Crippen LogP contribution in [0.4, 0.5) is 0 Å². The van der Waals surface area contributed by atoms with E-state index in [-0.39, 0.29) is 0 Å². The van der Waals surface area contributed by atoms with Gasteiger partial charge in [-0.05, 0) is 37.6 Å². The third-order valence-electron chi connectivity index (χ3n) is 2.06. The minimum atomic E-state index is 0.957. The smallest absolute Gasteiger partial charge is 0.0838 e. The minimum absolute atomic E-state index is 0.957. The topological polar surface area (TPSA) is 12.9 Å². The third kappa shape index (κ3) is 1.54. The van der Waals surface area contributed by atoms with Gasteiger partial charge in [0, 0.05) is 16.0 Å². The van der Waals surface area contributed by atoms with E-state index in [9.17, 15) is 0 Å². The molecule has 0 aliphatic carbocycles. The van der Waals surface area contributed by atoms with Gasteiger partial charge >= 0.3 is 0 Å². The number of hydrogen-bond acceptors (Lipinski definition) is 2. The van der Waals surface area contributed by atoms with Gasteiger partial charge in [0.1, 0.15) is 0 Å². The predicted octanol–water partition coefficient (Wildman–Crippen LogP) is 3.14. The highest BCUT2D eigenvalue weighted by atomic mass is 32.1. The predicted molar refractivity (Wildman–Crippen MR) is 58.5 cm³/mol. The van der Waals surface area contributed by atoms with Gasteiger partial charge in [-0.25, -0.2) is 0 Å². The Kier molecular flexibility index (Phi) is 2.00. The number of pyridine rings is 1. The Morgan fingerprint density at radius 1 is 1.15 bits per heavy atom. The zero-order valence-electron chi connectivity index (χ0n) is 7.70. The molecule has 0 aliphatic rings. The molecule has 0 saturated heterocycles. The minimum Gasteiger partial charge on any atom is -0.252 e. The number of thiol groups is 1. The van der Waals surface area contributed by atoms with Crippen LogP contribution in [0.2, 0.25) is 0 Å². The average molecular weight is 189 g/mol. The summed E-state index contributed by atoms with van der Waals surface area (Å²) in [6.45, 7) is 4.06. The molecule has 0 N–H and O–H groups in total. The molecule has 0 bridgehead atoms. The second-order valence-corrected chi connectivity index (χ2v) is 3.79. The lowest BCUT2D eigenvalue weighted by Gasteiger charge is -2.03. The van der Waals surface area contributed by atoms with Crippen LogP contribution in [-0.2, 0) is 0 Å². The molecule has 1 aromatic heterocycles. The van der Waals surface area contributed by atoms with E-state index < -0.39 is 0 Å². The van der Waals surface area contributed by atoms with Crippen molar-refractivity contribution in [2.75, 3.05) is 0 Å². The number of nitrogens with zero attached hydrogens (tertiary/aromatic N) is 1. The summed E-state index contributed by atoms with van der Waals surface area (Å²) in [5.74, 6) is 0. The molecule has 0 aliphatic heterocycles. The summed E-state index contributed by atoms with van der Waals surface area (Å²) in [7, 11) is 0. The molecule has 13 heavy (non-hydrogen) atoms. The molecule has 0 unspecified atom stereocenters. The summed E-state index contributed by atoms with van der Waals surface area (Å²) in [6.07, 6.45) is 0. The second kappa shape index (κ2) is 3.04. The zero-order chi connectivity index (χ0) is 9.42. The number of fused-ring (bicyclic) bond motifs is 1. The maximum absolute atomic E-state index is 4.44. The summed E-state index contributed by atoms with van der Waals surface area (Å²) in [5, 5.41) is 1.16. The van der Waals surface area contributed by atoms with Crippen molar-refractivity contribution >= 4 is 23.5 Å². The molecule has 1 nitrogen and oxygen atoms in total. The van der Waals surface area contributed by atoms with Crippen molar-refractivity contribution in [3.8, 4) is 0 Å². The van der Waals surface area contributed by atoms with Crippen molar-refractivity contribution in [2.24, 2.45) is 0 Å². The van der Waals surface area contributed by atoms with Gasteiger partial charge < -0.3 is 0 Å². The molecule has 2 heteroatoms. The highest BCUT2D eigenvalue weighted by Gasteiger charge is 2.00. The van der Waals surface area contributed by atoms with Gasteiger partial charge in [-0.3, -0.25) is 4.98 Å². The zero-order valence-corrected chi connectivity index (χ0v) is 8.60. The van der Waals surface area contributed by atoms with Gasteiger partial charge in [0.2, 0.25) is 0 Å². The van der Waals surface area contributed by atoms with Crippen LogP contribution in [0.5, 0.6) is 0 Å². The normalized spacial score (nSPS) is 10.7. The van der Waals surface area contributed by atoms with E-state index in [1.54, 1.807) is 0 Å². The summed E-state index contributed by atoms with van der Waals surface area (Å²) < 4.78 is 0. The Morgan fingerprint density at radius 3 is 2.69 bits per heavy atom. The van der Waals surface area contributed by atoms with Crippen LogP contribution < -0.4 is 0 Å². The maximum atomic E-state index is 4.44. The molecular weight excluding hydrogens is 178 g/mol. The standard InChI is InChI=1S/C11H11NS/c1-7-5-9-4-3-8(2)12-11(9)10(13)6-7/h3-6,13H,1-2H3. The van der Waals surface area contributed by atoms with Crippen LogP contribution in [0, 0.1) is 13.8 Å². The Hall–Kier alpha value is -1.02. The first-order valence-corrected chi connectivity index (χ1v) is 4.68. The molecule has 1 aromatic carbocycles. The van der Waals surface area contributed by atoms with Crippen molar-refractivity contribution < 1.29 is 0 Å². The second-order valence-electron chi connectivity index (χ2n) is 3.31. The molecule has 0 spiro atoms. The average Bonchev–Trinajstić information content (AvgIpc) is 2.06. The first-order chi connectivity index (χ1) is 6.16.